The van der Waals surface area contributed by atoms with E-state index in [2.05, 4.69) is 15.2 Å². The van der Waals surface area contributed by atoms with Crippen molar-refractivity contribution < 1.29 is 23.1 Å². The number of rotatable bonds is 5. The Bertz CT molecular complexity index is 907. The number of ketones is 1. The number of halogens is 2. The number of aromatic nitrogens is 3. The number of allylic oxidation sites excluding steroid dienone is 1. The van der Waals surface area contributed by atoms with Gasteiger partial charge in [-0.3, -0.25) is 9.89 Å². The maximum Gasteiger partial charge on any atom is 0.224 e. The van der Waals surface area contributed by atoms with E-state index in [9.17, 15) is 18.7 Å². The number of nitrogens with zero attached hydrogens (tertiary/aromatic N) is 2. The Balaban J connectivity index is 1.75. The van der Waals surface area contributed by atoms with E-state index < -0.39 is 23.2 Å². The molecular weight excluding hydrogens is 340 g/mol. The molecule has 0 radical (unpaired) electrons. The number of aromatic amines is 1. The average Bonchev–Trinajstić information content (AvgIpc) is 3.21. The number of H-pyrrole nitrogens is 1. The van der Waals surface area contributed by atoms with Crippen LogP contribution in [0.4, 0.5) is 8.78 Å². The van der Waals surface area contributed by atoms with Crippen LogP contribution in [0, 0.1) is 11.6 Å². The number of furan rings is 1. The summed E-state index contributed by atoms with van der Waals surface area (Å²) in [6.07, 6.45) is 2.11. The van der Waals surface area contributed by atoms with Crippen molar-refractivity contribution in [3.63, 3.8) is 0 Å². The van der Waals surface area contributed by atoms with E-state index in [1.54, 1.807) is 0 Å². The molecule has 24 heavy (non-hydrogen) atoms. The van der Waals surface area contributed by atoms with Crippen molar-refractivity contribution in [1.82, 2.24) is 15.2 Å². The van der Waals surface area contributed by atoms with E-state index in [1.165, 1.54) is 24.5 Å². The number of carbonyl (C=O) groups excluding carboxylic acids is 1. The highest BCUT2D eigenvalue weighted by Crippen LogP contribution is 2.31. The van der Waals surface area contributed by atoms with Crippen LogP contribution in [0.2, 0.25) is 0 Å². The Labute approximate surface area is 138 Å². The second kappa shape index (κ2) is 6.67. The smallest absolute Gasteiger partial charge is 0.224 e. The summed E-state index contributed by atoms with van der Waals surface area (Å²) in [6.45, 7) is 0. The molecule has 0 aliphatic rings. The quantitative estimate of drug-likeness (QED) is 0.415. The van der Waals surface area contributed by atoms with E-state index in [0.717, 1.165) is 30.0 Å². The summed E-state index contributed by atoms with van der Waals surface area (Å²) in [5, 5.41) is 15.9. The van der Waals surface area contributed by atoms with Crippen LogP contribution in [-0.2, 0) is 0 Å². The lowest BCUT2D eigenvalue weighted by atomic mass is 10.2. The Kier molecular flexibility index (Phi) is 4.43. The van der Waals surface area contributed by atoms with Crippen LogP contribution in [0.25, 0.3) is 5.76 Å². The molecule has 6 nitrogen and oxygen atoms in total. The molecule has 0 atom stereocenters. The maximum absolute atomic E-state index is 13.6. The minimum Gasteiger partial charge on any atom is -0.504 e. The van der Waals surface area contributed by atoms with Crippen LogP contribution in [0.1, 0.15) is 16.4 Å². The lowest BCUT2D eigenvalue weighted by Gasteiger charge is -2.00. The van der Waals surface area contributed by atoms with Gasteiger partial charge in [0.15, 0.2) is 22.4 Å². The van der Waals surface area contributed by atoms with Gasteiger partial charge in [0.25, 0.3) is 0 Å². The van der Waals surface area contributed by atoms with E-state index in [-0.39, 0.29) is 21.6 Å². The summed E-state index contributed by atoms with van der Waals surface area (Å²) in [5.74, 6) is -2.42. The highest BCUT2D eigenvalue weighted by Gasteiger charge is 2.14. The van der Waals surface area contributed by atoms with Gasteiger partial charge in [0, 0.05) is 12.1 Å². The molecule has 0 bridgehead atoms. The van der Waals surface area contributed by atoms with E-state index in [1.807, 2.05) is 0 Å². The lowest BCUT2D eigenvalue weighted by Crippen LogP contribution is -1.95. The SMILES string of the molecule is O=C(C=C(O)c1ncn[nH]1)c1ccc(Sc2ccc(F)cc2F)o1. The topological polar surface area (TPSA) is 92.0 Å². The monoisotopic (exact) mass is 349 g/mol. The highest BCUT2D eigenvalue weighted by atomic mass is 32.2. The third-order valence-electron chi connectivity index (χ3n) is 2.85. The van der Waals surface area contributed by atoms with Gasteiger partial charge in [-0.25, -0.2) is 13.8 Å². The third kappa shape index (κ3) is 3.51. The van der Waals surface area contributed by atoms with E-state index in [4.69, 9.17) is 4.42 Å². The first-order valence-corrected chi connectivity index (χ1v) is 7.38. The van der Waals surface area contributed by atoms with Gasteiger partial charge in [0.1, 0.15) is 18.0 Å². The molecule has 0 aliphatic carbocycles. The number of aliphatic hydroxyl groups excluding tert-OH is 1. The molecule has 2 aromatic heterocycles. The molecule has 3 rings (SSSR count). The molecule has 2 N–H and O–H groups in total. The number of benzene rings is 1. The Morgan fingerprint density at radius 2 is 2.12 bits per heavy atom. The Morgan fingerprint density at radius 3 is 2.83 bits per heavy atom. The van der Waals surface area contributed by atoms with Crippen LogP contribution in [-0.4, -0.2) is 26.1 Å². The molecule has 0 saturated carbocycles. The van der Waals surface area contributed by atoms with Crippen molar-refractivity contribution in [3.05, 3.63) is 66.0 Å². The molecule has 1 aromatic carbocycles. The molecule has 0 saturated heterocycles. The van der Waals surface area contributed by atoms with E-state index >= 15 is 0 Å². The summed E-state index contributed by atoms with van der Waals surface area (Å²) in [5.41, 5.74) is 0. The Morgan fingerprint density at radius 1 is 1.29 bits per heavy atom. The molecule has 3 aromatic rings. The predicted octanol–water partition coefficient (Wildman–Crippen LogP) is 3.61. The first-order chi connectivity index (χ1) is 11.5. The zero-order valence-corrected chi connectivity index (χ0v) is 12.7. The predicted molar refractivity (Wildman–Crippen MR) is 80.5 cm³/mol. The normalized spacial score (nSPS) is 11.7. The van der Waals surface area contributed by atoms with Crippen LogP contribution in [0.5, 0.6) is 0 Å². The van der Waals surface area contributed by atoms with Crippen molar-refractivity contribution >= 4 is 23.3 Å². The largest absolute Gasteiger partial charge is 0.504 e. The van der Waals surface area contributed by atoms with Gasteiger partial charge >= 0.3 is 0 Å². The number of aliphatic hydroxyl groups is 1. The Hall–Kier alpha value is -2.94. The van der Waals surface area contributed by atoms with Crippen LogP contribution < -0.4 is 0 Å². The molecule has 2 heterocycles. The molecule has 0 aliphatic heterocycles. The van der Waals surface area contributed by atoms with Gasteiger partial charge in [-0.2, -0.15) is 5.10 Å². The van der Waals surface area contributed by atoms with E-state index in [0.29, 0.717) is 0 Å². The molecule has 0 amide bonds. The summed E-state index contributed by atoms with van der Waals surface area (Å²) in [6, 6.07) is 6.01. The number of nitrogens with one attached hydrogen (secondary N) is 1. The fourth-order valence-electron chi connectivity index (χ4n) is 1.77. The second-order valence-corrected chi connectivity index (χ2v) is 5.57. The van der Waals surface area contributed by atoms with Crippen LogP contribution in [0.15, 0.2) is 57.1 Å². The number of hydrogen-bond donors (Lipinski definition) is 2. The van der Waals surface area contributed by atoms with Gasteiger partial charge in [-0.05, 0) is 36.0 Å². The highest BCUT2D eigenvalue weighted by molar-refractivity contribution is 7.99. The van der Waals surface area contributed by atoms with Crippen LogP contribution in [0.3, 0.4) is 0 Å². The zero-order chi connectivity index (χ0) is 17.1. The number of hydrogen-bond acceptors (Lipinski definition) is 6. The van der Waals surface area contributed by atoms with Gasteiger partial charge in [0.05, 0.1) is 4.90 Å². The molecule has 0 fully saturated rings. The third-order valence-corrected chi connectivity index (χ3v) is 3.83. The van der Waals surface area contributed by atoms with Crippen molar-refractivity contribution in [3.8, 4) is 0 Å². The molecule has 122 valence electrons. The summed E-state index contributed by atoms with van der Waals surface area (Å²) in [4.78, 5) is 15.9. The van der Waals surface area contributed by atoms with Crippen molar-refractivity contribution in [2.24, 2.45) is 0 Å². The van der Waals surface area contributed by atoms with Gasteiger partial charge in [0.2, 0.25) is 5.78 Å². The minimum atomic E-state index is -0.730. The summed E-state index contributed by atoms with van der Waals surface area (Å²) >= 11 is 0.906. The molecular formula is C15H9F2N3O3S. The summed E-state index contributed by atoms with van der Waals surface area (Å²) in [7, 11) is 0. The summed E-state index contributed by atoms with van der Waals surface area (Å²) < 4.78 is 31.8. The fourth-order valence-corrected chi connectivity index (χ4v) is 2.54. The first kappa shape index (κ1) is 15.9. The number of carbonyl (C=O) groups is 1. The first-order valence-electron chi connectivity index (χ1n) is 6.56. The van der Waals surface area contributed by atoms with Crippen molar-refractivity contribution in [2.45, 2.75) is 9.99 Å². The average molecular weight is 349 g/mol. The lowest BCUT2D eigenvalue weighted by molar-refractivity contribution is 0.101. The molecule has 0 spiro atoms. The van der Waals surface area contributed by atoms with Gasteiger partial charge in [-0.1, -0.05) is 0 Å². The van der Waals surface area contributed by atoms with Crippen molar-refractivity contribution in [1.29, 1.82) is 0 Å². The fraction of sp³-hybridized carbons (Fsp3) is 0. The standard InChI is InChI=1S/C15H9F2N3O3S/c16-8-1-3-13(9(17)5-8)24-14-4-2-12(23-14)10(21)6-11(22)15-18-7-19-20-15/h1-7,22H,(H,18,19,20). The van der Waals surface area contributed by atoms with Crippen LogP contribution >= 0.6 is 11.8 Å². The minimum absolute atomic E-state index is 0.0397. The zero-order valence-electron chi connectivity index (χ0n) is 11.9. The van der Waals surface area contributed by atoms with Gasteiger partial charge in [-0.15, -0.1) is 0 Å². The second-order valence-electron chi connectivity index (χ2n) is 4.52. The molecule has 0 unspecified atom stereocenters. The van der Waals surface area contributed by atoms with Crippen molar-refractivity contribution in [2.75, 3.05) is 0 Å². The molecule has 9 heteroatoms. The van der Waals surface area contributed by atoms with Gasteiger partial charge < -0.3 is 9.52 Å². The maximum atomic E-state index is 13.6.